The van der Waals surface area contributed by atoms with Crippen molar-refractivity contribution < 1.29 is 20.4 Å². The van der Waals surface area contributed by atoms with Crippen LogP contribution in [0.2, 0.25) is 0 Å². The first kappa shape index (κ1) is 6.01. The number of hydrogen-bond acceptors (Lipinski definition) is 0. The van der Waals surface area contributed by atoms with Gasteiger partial charge < -0.3 is 0 Å². The molecule has 0 saturated heterocycles. The first-order valence-corrected chi connectivity index (χ1v) is 1.67. The molecule has 1 aromatic rings. The predicted octanol–water partition coefficient (Wildman–Crippen LogP) is 1.40. The van der Waals surface area contributed by atoms with E-state index < -0.39 is 0 Å². The summed E-state index contributed by atoms with van der Waals surface area (Å²) in [4.78, 5) is 0. The van der Waals surface area contributed by atoms with Crippen molar-refractivity contribution in [1.29, 1.82) is 0 Å². The second-order valence-electron chi connectivity index (χ2n) is 0.962. The van der Waals surface area contributed by atoms with Crippen molar-refractivity contribution >= 4 is 0 Å². The molecule has 1 aromatic carbocycles. The fraction of sp³-hybridized carbons (Fsp3) is 0. The van der Waals surface area contributed by atoms with E-state index in [2.05, 4.69) is 0 Å². The topological polar surface area (TPSA) is 0 Å². The Kier molecular flexibility index (Phi) is 3.22. The number of rotatable bonds is 0. The summed E-state index contributed by atoms with van der Waals surface area (Å²) in [7, 11) is 0. The Hall–Kier alpha value is 0.0123. The van der Waals surface area contributed by atoms with Crippen LogP contribution in [0.25, 0.3) is 0 Å². The first-order chi connectivity index (χ1) is 2.50. The van der Waals surface area contributed by atoms with Crippen LogP contribution in [-0.2, 0) is 20.4 Å². The third kappa shape index (κ3) is 1.45. The predicted molar refractivity (Wildman–Crippen MR) is 22.0 cm³/mol. The van der Waals surface area contributed by atoms with Crippen molar-refractivity contribution in [3.8, 4) is 0 Å². The smallest absolute Gasteiger partial charge is 0 e. The number of hydrogen-bond donors (Lipinski definition) is 0. The molecule has 0 spiro atoms. The van der Waals surface area contributed by atoms with E-state index in [1.54, 1.807) is 0 Å². The Morgan fingerprint density at radius 2 is 1.50 bits per heavy atom. The van der Waals surface area contributed by atoms with Crippen LogP contribution in [0.5, 0.6) is 0 Å². The van der Waals surface area contributed by atoms with Gasteiger partial charge in [0.15, 0.2) is 0 Å². The molecule has 1 heteroatoms. The van der Waals surface area contributed by atoms with Crippen LogP contribution in [0, 0.1) is 0 Å². The molecule has 0 aliphatic heterocycles. The summed E-state index contributed by atoms with van der Waals surface area (Å²) in [5.74, 6) is 0. The van der Waals surface area contributed by atoms with Gasteiger partial charge in [0.1, 0.15) is 0 Å². The van der Waals surface area contributed by atoms with Crippen molar-refractivity contribution in [1.82, 2.24) is 0 Å². The van der Waals surface area contributed by atoms with E-state index in [4.69, 9.17) is 0 Å². The molecular formula is C5H5Pd-. The Morgan fingerprint density at radius 3 is 1.67 bits per heavy atom. The van der Waals surface area contributed by atoms with Gasteiger partial charge in [-0.2, -0.15) is 18.2 Å². The molecule has 6 heavy (non-hydrogen) atoms. The van der Waals surface area contributed by atoms with E-state index in [1.165, 1.54) is 0 Å². The van der Waals surface area contributed by atoms with Gasteiger partial charge in [-0.1, -0.05) is 0 Å². The third-order valence-corrected chi connectivity index (χ3v) is 0.556. The van der Waals surface area contributed by atoms with Crippen LogP contribution in [0.15, 0.2) is 30.3 Å². The molecule has 0 unspecified atom stereocenters. The molecule has 0 bridgehead atoms. The van der Waals surface area contributed by atoms with Gasteiger partial charge in [0, 0.05) is 20.4 Å². The standard InChI is InChI=1S/C5H5.Pd/c1-2-4-5-3-1;/h1-5H;/q-1;. The van der Waals surface area contributed by atoms with Crippen molar-refractivity contribution in [2.75, 3.05) is 0 Å². The van der Waals surface area contributed by atoms with Gasteiger partial charge in [-0.3, -0.25) is 0 Å². The van der Waals surface area contributed by atoms with Crippen LogP contribution < -0.4 is 0 Å². The Bertz CT molecular complexity index is 60.4. The van der Waals surface area contributed by atoms with Crippen molar-refractivity contribution in [3.05, 3.63) is 30.3 Å². The molecule has 0 radical (unpaired) electrons. The molecule has 0 fully saturated rings. The zero-order chi connectivity index (χ0) is 3.54. The van der Waals surface area contributed by atoms with Crippen LogP contribution in [0.3, 0.4) is 0 Å². The van der Waals surface area contributed by atoms with E-state index in [1.807, 2.05) is 30.3 Å². The molecular weight excluding hydrogens is 166 g/mol. The van der Waals surface area contributed by atoms with Gasteiger partial charge in [-0.15, -0.1) is 0 Å². The maximum Gasteiger partial charge on any atom is 0 e. The van der Waals surface area contributed by atoms with Crippen LogP contribution >= 0.6 is 0 Å². The second kappa shape index (κ2) is 3.21. The molecule has 0 saturated carbocycles. The Balaban J connectivity index is 0.000000250. The monoisotopic (exact) mass is 171 g/mol. The summed E-state index contributed by atoms with van der Waals surface area (Å²) >= 11 is 0. The minimum atomic E-state index is 0. The second-order valence-corrected chi connectivity index (χ2v) is 0.962. The molecule has 0 N–H and O–H groups in total. The summed E-state index contributed by atoms with van der Waals surface area (Å²) < 4.78 is 0. The first-order valence-electron chi connectivity index (χ1n) is 1.67. The fourth-order valence-electron chi connectivity index (χ4n) is 0.321. The molecule has 0 amide bonds. The molecule has 0 nitrogen and oxygen atoms in total. The summed E-state index contributed by atoms with van der Waals surface area (Å²) in [5.41, 5.74) is 0. The summed E-state index contributed by atoms with van der Waals surface area (Å²) in [6.45, 7) is 0. The molecule has 0 aliphatic rings. The normalized spacial score (nSPS) is 6.67. The van der Waals surface area contributed by atoms with E-state index in [9.17, 15) is 0 Å². The van der Waals surface area contributed by atoms with E-state index in [0.717, 1.165) is 0 Å². The van der Waals surface area contributed by atoms with Crippen LogP contribution in [0.4, 0.5) is 0 Å². The van der Waals surface area contributed by atoms with Crippen molar-refractivity contribution in [3.63, 3.8) is 0 Å². The van der Waals surface area contributed by atoms with Gasteiger partial charge in [0.2, 0.25) is 0 Å². The third-order valence-electron chi connectivity index (χ3n) is 0.556. The zero-order valence-electron chi connectivity index (χ0n) is 3.20. The summed E-state index contributed by atoms with van der Waals surface area (Å²) in [6, 6.07) is 10.0. The molecule has 0 heterocycles. The minimum absolute atomic E-state index is 0. The van der Waals surface area contributed by atoms with Gasteiger partial charge in [-0.05, 0) is 0 Å². The SMILES string of the molecule is [Pd].c1cc[cH-]c1. The quantitative estimate of drug-likeness (QED) is 0.409. The minimum Gasteiger partial charge on any atom is -0.214 e. The van der Waals surface area contributed by atoms with Gasteiger partial charge in [0.25, 0.3) is 0 Å². The van der Waals surface area contributed by atoms with Gasteiger partial charge in [-0.25, -0.2) is 12.1 Å². The fourth-order valence-corrected chi connectivity index (χ4v) is 0.321. The Labute approximate surface area is 51.2 Å². The summed E-state index contributed by atoms with van der Waals surface area (Å²) in [5, 5.41) is 0. The van der Waals surface area contributed by atoms with Gasteiger partial charge in [0.05, 0.1) is 0 Å². The molecule has 0 aliphatic carbocycles. The molecule has 1 rings (SSSR count). The van der Waals surface area contributed by atoms with E-state index in [-0.39, 0.29) is 20.4 Å². The summed E-state index contributed by atoms with van der Waals surface area (Å²) in [6.07, 6.45) is 0. The zero-order valence-corrected chi connectivity index (χ0v) is 4.76. The maximum atomic E-state index is 2.00. The van der Waals surface area contributed by atoms with Crippen molar-refractivity contribution in [2.24, 2.45) is 0 Å². The van der Waals surface area contributed by atoms with Crippen LogP contribution in [0.1, 0.15) is 0 Å². The maximum absolute atomic E-state index is 2.00. The average Bonchev–Trinajstić information content (AvgIpc) is 1.76. The van der Waals surface area contributed by atoms with E-state index >= 15 is 0 Å². The molecule has 0 aromatic heterocycles. The molecule has 0 atom stereocenters. The van der Waals surface area contributed by atoms with E-state index in [0.29, 0.717) is 0 Å². The van der Waals surface area contributed by atoms with Gasteiger partial charge >= 0.3 is 0 Å². The van der Waals surface area contributed by atoms with Crippen molar-refractivity contribution in [2.45, 2.75) is 0 Å². The molecule has 36 valence electrons. The largest absolute Gasteiger partial charge is 0.214 e. The average molecular weight is 172 g/mol. The Morgan fingerprint density at radius 1 is 1.00 bits per heavy atom. The van der Waals surface area contributed by atoms with Crippen LogP contribution in [-0.4, -0.2) is 0 Å².